The van der Waals surface area contributed by atoms with Crippen LogP contribution in [0.15, 0.2) is 58.1 Å². The lowest BCUT2D eigenvalue weighted by molar-refractivity contribution is -0.133. The highest BCUT2D eigenvalue weighted by Crippen LogP contribution is 2.33. The monoisotopic (exact) mass is 531 g/mol. The average molecular weight is 532 g/mol. The van der Waals surface area contributed by atoms with Gasteiger partial charge in [-0.15, -0.1) is 11.3 Å². The van der Waals surface area contributed by atoms with Gasteiger partial charge in [-0.25, -0.2) is 26.9 Å². The van der Waals surface area contributed by atoms with E-state index in [2.05, 4.69) is 10.1 Å². The van der Waals surface area contributed by atoms with Gasteiger partial charge in [0.1, 0.15) is 10.8 Å². The van der Waals surface area contributed by atoms with E-state index in [0.29, 0.717) is 17.0 Å². The number of thiophene rings is 1. The van der Waals surface area contributed by atoms with Crippen LogP contribution in [0, 0.1) is 6.92 Å². The average Bonchev–Trinajstić information content (AvgIpc) is 3.53. The zero-order valence-corrected chi connectivity index (χ0v) is 21.0. The number of amides is 1. The van der Waals surface area contributed by atoms with Gasteiger partial charge >= 0.3 is 0 Å². The molecular weight excluding hydrogens is 508 g/mol. The van der Waals surface area contributed by atoms with E-state index < -0.39 is 16.4 Å². The Morgan fingerprint density at radius 3 is 2.44 bits per heavy atom. The first-order chi connectivity index (χ1) is 17.3. The Hall–Kier alpha value is -3.22. The van der Waals surface area contributed by atoms with Crippen LogP contribution >= 0.6 is 11.3 Å². The predicted molar refractivity (Wildman–Crippen MR) is 132 cm³/mol. The molecule has 1 aromatic carbocycles. The van der Waals surface area contributed by atoms with Gasteiger partial charge in [0, 0.05) is 37.3 Å². The number of hydrogen-bond donors (Lipinski definition) is 0. The molecule has 4 heterocycles. The molecular formula is C24H23F2N5O3S2. The highest BCUT2D eigenvalue weighted by Gasteiger charge is 2.31. The number of hydrogen-bond acceptors (Lipinski definition) is 6. The number of halogens is 2. The lowest BCUT2D eigenvalue weighted by Gasteiger charge is -2.33. The number of aromatic nitrogens is 3. The number of pyridine rings is 1. The third-order valence-electron chi connectivity index (χ3n) is 6.18. The van der Waals surface area contributed by atoms with Crippen LogP contribution in [-0.4, -0.2) is 64.5 Å². The molecule has 1 amide bonds. The summed E-state index contributed by atoms with van der Waals surface area (Å²) in [5, 5.41) is 6.31. The molecule has 1 aliphatic rings. The number of nitrogens with zero attached hydrogens (tertiary/aromatic N) is 5. The Balaban J connectivity index is 1.39. The van der Waals surface area contributed by atoms with E-state index in [1.807, 2.05) is 6.07 Å². The molecule has 0 aliphatic carbocycles. The fourth-order valence-corrected chi connectivity index (χ4v) is 6.94. The van der Waals surface area contributed by atoms with Crippen molar-refractivity contribution >= 4 is 38.3 Å². The topological polar surface area (TPSA) is 88.4 Å². The molecule has 0 N–H and O–H groups in total. The molecule has 4 aromatic rings. The molecule has 8 nitrogen and oxygen atoms in total. The van der Waals surface area contributed by atoms with Crippen molar-refractivity contribution in [3.05, 3.63) is 65.2 Å². The molecule has 1 fully saturated rings. The number of benzene rings is 1. The minimum atomic E-state index is -3.58. The van der Waals surface area contributed by atoms with E-state index in [-0.39, 0.29) is 59.4 Å². The van der Waals surface area contributed by atoms with Crippen molar-refractivity contribution in [2.24, 2.45) is 0 Å². The molecule has 0 bridgehead atoms. The third kappa shape index (κ3) is 4.51. The SMILES string of the molecule is Cc1nn(CC(=O)N2CCN(S(=O)(=O)c3cccs3)CC2)c2nc(-c3ccccc3)cc(C(F)F)c12. The maximum absolute atomic E-state index is 14.0. The van der Waals surface area contributed by atoms with Crippen LogP contribution in [0.4, 0.5) is 8.78 Å². The van der Waals surface area contributed by atoms with Gasteiger partial charge in [-0.2, -0.15) is 9.40 Å². The maximum Gasteiger partial charge on any atom is 0.264 e. The summed E-state index contributed by atoms with van der Waals surface area (Å²) in [4.78, 5) is 19.3. The van der Waals surface area contributed by atoms with Crippen molar-refractivity contribution in [3.8, 4) is 11.3 Å². The van der Waals surface area contributed by atoms with E-state index in [1.165, 1.54) is 15.1 Å². The van der Waals surface area contributed by atoms with E-state index in [0.717, 1.165) is 11.3 Å². The van der Waals surface area contributed by atoms with Crippen LogP contribution in [0.5, 0.6) is 0 Å². The zero-order chi connectivity index (χ0) is 25.4. The van der Waals surface area contributed by atoms with E-state index in [1.54, 1.807) is 53.6 Å². The molecule has 0 spiro atoms. The first kappa shape index (κ1) is 24.5. The zero-order valence-electron chi connectivity index (χ0n) is 19.3. The van der Waals surface area contributed by atoms with Crippen LogP contribution in [0.25, 0.3) is 22.3 Å². The van der Waals surface area contributed by atoms with Crippen molar-refractivity contribution in [2.75, 3.05) is 26.2 Å². The molecule has 5 rings (SSSR count). The van der Waals surface area contributed by atoms with Crippen molar-refractivity contribution in [1.29, 1.82) is 0 Å². The van der Waals surface area contributed by atoms with Crippen LogP contribution in [0.3, 0.4) is 0 Å². The third-order valence-corrected chi connectivity index (χ3v) is 9.45. The van der Waals surface area contributed by atoms with Gasteiger partial charge in [-0.05, 0) is 24.4 Å². The predicted octanol–water partition coefficient (Wildman–Crippen LogP) is 3.94. The summed E-state index contributed by atoms with van der Waals surface area (Å²) in [6.45, 7) is 2.25. The van der Waals surface area contributed by atoms with Crippen LogP contribution < -0.4 is 0 Å². The molecule has 0 atom stereocenters. The highest BCUT2D eigenvalue weighted by molar-refractivity contribution is 7.91. The summed E-state index contributed by atoms with van der Waals surface area (Å²) in [5.41, 5.74) is 1.46. The second kappa shape index (κ2) is 9.68. The lowest BCUT2D eigenvalue weighted by Crippen LogP contribution is -2.51. The Bertz CT molecular complexity index is 1500. The fraction of sp³-hybridized carbons (Fsp3) is 0.292. The molecule has 188 valence electrons. The molecule has 0 saturated carbocycles. The van der Waals surface area contributed by atoms with Crippen LogP contribution in [0.2, 0.25) is 0 Å². The minimum absolute atomic E-state index is 0.177. The van der Waals surface area contributed by atoms with E-state index >= 15 is 0 Å². The number of rotatable bonds is 6. The standard InChI is InChI=1S/C24H23F2N5O3S2/c1-16-22-18(23(25)26)14-19(17-6-3-2-4-7-17)27-24(22)31(28-16)15-20(32)29-9-11-30(12-10-29)36(33,34)21-8-5-13-35-21/h2-8,13-14,23H,9-12,15H2,1H3. The Morgan fingerprint density at radius 1 is 1.08 bits per heavy atom. The number of piperazine rings is 1. The minimum Gasteiger partial charge on any atom is -0.338 e. The number of sulfonamides is 1. The van der Waals surface area contributed by atoms with Crippen LogP contribution in [0.1, 0.15) is 17.7 Å². The van der Waals surface area contributed by atoms with Gasteiger partial charge in [0.15, 0.2) is 5.65 Å². The second-order valence-corrected chi connectivity index (χ2v) is 11.5. The molecule has 12 heteroatoms. The fourth-order valence-electron chi connectivity index (χ4n) is 4.37. The Kier molecular flexibility index (Phi) is 6.58. The molecule has 0 unspecified atom stereocenters. The summed E-state index contributed by atoms with van der Waals surface area (Å²) in [6, 6.07) is 13.6. The number of carbonyl (C=O) groups excluding carboxylic acids is 1. The molecule has 1 saturated heterocycles. The van der Waals surface area contributed by atoms with E-state index in [9.17, 15) is 22.0 Å². The second-order valence-electron chi connectivity index (χ2n) is 8.42. The number of carbonyl (C=O) groups is 1. The van der Waals surface area contributed by atoms with Crippen molar-refractivity contribution in [1.82, 2.24) is 24.0 Å². The van der Waals surface area contributed by atoms with Crippen LogP contribution in [-0.2, 0) is 21.4 Å². The molecule has 3 aromatic heterocycles. The number of alkyl halides is 2. The van der Waals surface area contributed by atoms with Gasteiger partial charge in [0.25, 0.3) is 16.4 Å². The summed E-state index contributed by atoms with van der Waals surface area (Å²) >= 11 is 1.16. The quantitative estimate of drug-likeness (QED) is 0.376. The summed E-state index contributed by atoms with van der Waals surface area (Å²) in [7, 11) is -3.58. The summed E-state index contributed by atoms with van der Waals surface area (Å²) < 4.78 is 56.5. The first-order valence-electron chi connectivity index (χ1n) is 11.3. The van der Waals surface area contributed by atoms with Crippen molar-refractivity contribution in [2.45, 2.75) is 24.1 Å². The maximum atomic E-state index is 14.0. The Labute approximate surface area is 210 Å². The first-order valence-corrected chi connectivity index (χ1v) is 13.6. The van der Waals surface area contributed by atoms with Gasteiger partial charge < -0.3 is 4.90 Å². The van der Waals surface area contributed by atoms with Gasteiger partial charge in [0.2, 0.25) is 5.91 Å². The largest absolute Gasteiger partial charge is 0.338 e. The number of fused-ring (bicyclic) bond motifs is 1. The Morgan fingerprint density at radius 2 is 1.81 bits per heavy atom. The lowest BCUT2D eigenvalue weighted by atomic mass is 10.1. The van der Waals surface area contributed by atoms with Gasteiger partial charge in [-0.1, -0.05) is 36.4 Å². The molecule has 36 heavy (non-hydrogen) atoms. The summed E-state index contributed by atoms with van der Waals surface area (Å²) in [5.74, 6) is -0.280. The normalized spacial score (nSPS) is 15.2. The smallest absolute Gasteiger partial charge is 0.264 e. The number of aryl methyl sites for hydroxylation is 1. The van der Waals surface area contributed by atoms with Gasteiger partial charge in [0.05, 0.1) is 16.8 Å². The molecule has 1 aliphatic heterocycles. The van der Waals surface area contributed by atoms with Gasteiger partial charge in [-0.3, -0.25) is 4.79 Å². The van der Waals surface area contributed by atoms with Crippen molar-refractivity contribution in [3.63, 3.8) is 0 Å². The summed E-state index contributed by atoms with van der Waals surface area (Å²) in [6.07, 6.45) is -2.73. The highest BCUT2D eigenvalue weighted by atomic mass is 32.2. The van der Waals surface area contributed by atoms with E-state index in [4.69, 9.17) is 0 Å². The molecule has 0 radical (unpaired) electrons. The van der Waals surface area contributed by atoms with Crippen molar-refractivity contribution < 1.29 is 22.0 Å².